The Morgan fingerprint density at radius 2 is 0.929 bits per heavy atom. The van der Waals surface area contributed by atoms with Gasteiger partial charge in [0.15, 0.2) is 5.58 Å². The first-order valence-corrected chi connectivity index (χ1v) is 14.1. The molecule has 0 aliphatic carbocycles. The Labute approximate surface area is 243 Å². The van der Waals surface area contributed by atoms with Crippen LogP contribution in [0.3, 0.4) is 0 Å². The van der Waals surface area contributed by atoms with Crippen LogP contribution in [-0.4, -0.2) is 4.98 Å². The van der Waals surface area contributed by atoms with E-state index in [1.165, 1.54) is 16.3 Å². The molecule has 1 heterocycles. The summed E-state index contributed by atoms with van der Waals surface area (Å²) in [6, 6.07) is 54.9. The van der Waals surface area contributed by atoms with Gasteiger partial charge in [-0.05, 0) is 76.5 Å². The fourth-order valence-electron chi connectivity index (χ4n) is 5.86. The standard InChI is InChI=1S/C39H26N2O/c1-4-12-27(13-5-1)29-22-25-34-33-18-10-11-19-35(33)38-37(36(34)26-29)40-39(42-38)28-20-23-32(24-21-28)41(30-14-6-2-7-15-30)31-16-8-3-9-17-31/h1-26H. The van der Waals surface area contributed by atoms with Gasteiger partial charge in [0.2, 0.25) is 5.89 Å². The van der Waals surface area contributed by atoms with Gasteiger partial charge < -0.3 is 9.32 Å². The van der Waals surface area contributed by atoms with Gasteiger partial charge in [0, 0.05) is 33.4 Å². The van der Waals surface area contributed by atoms with Crippen molar-refractivity contribution in [2.24, 2.45) is 0 Å². The third-order valence-electron chi connectivity index (χ3n) is 7.87. The van der Waals surface area contributed by atoms with Crippen molar-refractivity contribution in [3.05, 3.63) is 158 Å². The lowest BCUT2D eigenvalue weighted by molar-refractivity contribution is 0.623. The molecule has 3 heteroatoms. The number of fused-ring (bicyclic) bond motifs is 6. The van der Waals surface area contributed by atoms with Crippen LogP contribution in [0.2, 0.25) is 0 Å². The molecule has 198 valence electrons. The number of benzene rings is 7. The first-order chi connectivity index (χ1) is 20.8. The van der Waals surface area contributed by atoms with Crippen LogP contribution < -0.4 is 4.90 Å². The maximum absolute atomic E-state index is 6.57. The lowest BCUT2D eigenvalue weighted by atomic mass is 9.96. The van der Waals surface area contributed by atoms with Gasteiger partial charge >= 0.3 is 0 Å². The molecular weight excluding hydrogens is 512 g/mol. The molecule has 7 aromatic carbocycles. The molecule has 3 nitrogen and oxygen atoms in total. The largest absolute Gasteiger partial charge is 0.435 e. The first-order valence-electron chi connectivity index (χ1n) is 14.1. The van der Waals surface area contributed by atoms with Crippen molar-refractivity contribution in [2.75, 3.05) is 4.90 Å². The van der Waals surface area contributed by atoms with Crippen LogP contribution in [0.1, 0.15) is 0 Å². The summed E-state index contributed by atoms with van der Waals surface area (Å²) in [4.78, 5) is 7.36. The van der Waals surface area contributed by atoms with Gasteiger partial charge in [-0.15, -0.1) is 0 Å². The highest BCUT2D eigenvalue weighted by Gasteiger charge is 2.18. The van der Waals surface area contributed by atoms with Gasteiger partial charge in [0.1, 0.15) is 5.52 Å². The van der Waals surface area contributed by atoms with E-state index in [9.17, 15) is 0 Å². The van der Waals surface area contributed by atoms with Crippen molar-refractivity contribution in [3.8, 4) is 22.6 Å². The number of oxazole rings is 1. The van der Waals surface area contributed by atoms with Gasteiger partial charge in [-0.1, -0.05) is 103 Å². The summed E-state index contributed by atoms with van der Waals surface area (Å²) in [5.41, 5.74) is 8.25. The molecule has 0 saturated heterocycles. The summed E-state index contributed by atoms with van der Waals surface area (Å²) < 4.78 is 6.57. The number of aromatic nitrogens is 1. The molecule has 8 rings (SSSR count). The van der Waals surface area contributed by atoms with Gasteiger partial charge in [-0.3, -0.25) is 0 Å². The molecule has 0 unspecified atom stereocenters. The Bertz CT molecular complexity index is 2130. The molecule has 0 atom stereocenters. The lowest BCUT2D eigenvalue weighted by Gasteiger charge is -2.25. The molecule has 1 aromatic heterocycles. The molecular formula is C39H26N2O. The maximum atomic E-state index is 6.57. The average molecular weight is 539 g/mol. The molecule has 0 aliphatic heterocycles. The molecule has 0 bridgehead atoms. The Balaban J connectivity index is 1.27. The molecule has 0 amide bonds. The third kappa shape index (κ3) is 4.11. The van der Waals surface area contributed by atoms with Crippen molar-refractivity contribution in [3.63, 3.8) is 0 Å². The average Bonchev–Trinajstić information content (AvgIpc) is 3.53. The van der Waals surface area contributed by atoms with Gasteiger partial charge in [-0.25, -0.2) is 4.98 Å². The Hall–Kier alpha value is -5.67. The van der Waals surface area contributed by atoms with E-state index in [2.05, 4.69) is 144 Å². The summed E-state index contributed by atoms with van der Waals surface area (Å²) >= 11 is 0. The van der Waals surface area contributed by atoms with E-state index in [-0.39, 0.29) is 0 Å². The normalized spacial score (nSPS) is 11.3. The second-order valence-electron chi connectivity index (χ2n) is 10.4. The maximum Gasteiger partial charge on any atom is 0.227 e. The zero-order valence-corrected chi connectivity index (χ0v) is 22.8. The first kappa shape index (κ1) is 24.2. The number of hydrogen-bond acceptors (Lipinski definition) is 3. The van der Waals surface area contributed by atoms with Crippen molar-refractivity contribution in [2.45, 2.75) is 0 Å². The van der Waals surface area contributed by atoms with E-state index in [0.717, 1.165) is 50.1 Å². The summed E-state index contributed by atoms with van der Waals surface area (Å²) in [5, 5.41) is 4.51. The molecule has 0 fully saturated rings. The molecule has 0 saturated carbocycles. The molecule has 42 heavy (non-hydrogen) atoms. The zero-order chi connectivity index (χ0) is 27.9. The molecule has 0 aliphatic rings. The zero-order valence-electron chi connectivity index (χ0n) is 22.8. The second-order valence-corrected chi connectivity index (χ2v) is 10.4. The predicted molar refractivity (Wildman–Crippen MR) is 175 cm³/mol. The summed E-state index contributed by atoms with van der Waals surface area (Å²) in [6.07, 6.45) is 0. The highest BCUT2D eigenvalue weighted by molar-refractivity contribution is 6.23. The summed E-state index contributed by atoms with van der Waals surface area (Å²) in [5.74, 6) is 0.616. The Kier molecular flexibility index (Phi) is 5.79. The number of rotatable bonds is 5. The summed E-state index contributed by atoms with van der Waals surface area (Å²) in [6.45, 7) is 0. The van der Waals surface area contributed by atoms with Crippen molar-refractivity contribution in [1.82, 2.24) is 4.98 Å². The van der Waals surface area contributed by atoms with Crippen LogP contribution in [0.4, 0.5) is 17.1 Å². The van der Waals surface area contributed by atoms with Gasteiger partial charge in [0.25, 0.3) is 0 Å². The van der Waals surface area contributed by atoms with Crippen LogP contribution in [0.15, 0.2) is 162 Å². The fourth-order valence-corrected chi connectivity index (χ4v) is 5.86. The van der Waals surface area contributed by atoms with Crippen LogP contribution in [-0.2, 0) is 0 Å². The molecule has 0 spiro atoms. The quantitative estimate of drug-likeness (QED) is 0.204. The number of anilines is 3. The minimum atomic E-state index is 0.616. The Morgan fingerprint density at radius 1 is 0.405 bits per heavy atom. The molecule has 0 N–H and O–H groups in total. The number of para-hydroxylation sites is 2. The molecule has 8 aromatic rings. The van der Waals surface area contributed by atoms with Crippen LogP contribution >= 0.6 is 0 Å². The third-order valence-corrected chi connectivity index (χ3v) is 7.87. The van der Waals surface area contributed by atoms with E-state index in [1.54, 1.807) is 0 Å². The van der Waals surface area contributed by atoms with Gasteiger partial charge in [-0.2, -0.15) is 0 Å². The van der Waals surface area contributed by atoms with E-state index >= 15 is 0 Å². The van der Waals surface area contributed by atoms with Crippen molar-refractivity contribution >= 4 is 49.7 Å². The van der Waals surface area contributed by atoms with Gasteiger partial charge in [0.05, 0.1) is 0 Å². The van der Waals surface area contributed by atoms with E-state index in [1.807, 2.05) is 18.2 Å². The summed E-state index contributed by atoms with van der Waals surface area (Å²) in [7, 11) is 0. The Morgan fingerprint density at radius 3 is 1.60 bits per heavy atom. The fraction of sp³-hybridized carbons (Fsp3) is 0. The minimum absolute atomic E-state index is 0.616. The van der Waals surface area contributed by atoms with E-state index in [0.29, 0.717) is 5.89 Å². The van der Waals surface area contributed by atoms with E-state index < -0.39 is 0 Å². The highest BCUT2D eigenvalue weighted by atomic mass is 16.3. The van der Waals surface area contributed by atoms with Crippen LogP contribution in [0, 0.1) is 0 Å². The predicted octanol–water partition coefficient (Wildman–Crippen LogP) is 10.9. The topological polar surface area (TPSA) is 29.3 Å². The second kappa shape index (κ2) is 10.1. The lowest BCUT2D eigenvalue weighted by Crippen LogP contribution is -2.09. The monoisotopic (exact) mass is 538 g/mol. The van der Waals surface area contributed by atoms with Crippen molar-refractivity contribution < 1.29 is 4.42 Å². The van der Waals surface area contributed by atoms with Crippen LogP contribution in [0.25, 0.3) is 55.2 Å². The van der Waals surface area contributed by atoms with Crippen molar-refractivity contribution in [1.29, 1.82) is 0 Å². The number of nitrogens with zero attached hydrogens (tertiary/aromatic N) is 2. The van der Waals surface area contributed by atoms with Crippen LogP contribution in [0.5, 0.6) is 0 Å². The van der Waals surface area contributed by atoms with E-state index in [4.69, 9.17) is 9.40 Å². The minimum Gasteiger partial charge on any atom is -0.435 e. The smallest absolute Gasteiger partial charge is 0.227 e. The molecule has 0 radical (unpaired) electrons. The SMILES string of the molecule is c1ccc(-c2ccc3c4ccccc4c4oc(-c5ccc(N(c6ccccc6)c6ccccc6)cc5)nc4c3c2)cc1. The highest BCUT2D eigenvalue weighted by Crippen LogP contribution is 2.40. The number of hydrogen-bond donors (Lipinski definition) is 0.